The molecule has 166 valence electrons. The summed E-state index contributed by atoms with van der Waals surface area (Å²) in [5.74, 6) is 0.716. The number of amides is 3. The Morgan fingerprint density at radius 1 is 1.07 bits per heavy atom. The number of benzene rings is 1. The number of nitrogens with one attached hydrogen (secondary N) is 3. The SMILES string of the molecule is COc1ccc(NC(=O)N[C@H]2CC[C@H](CC(=O)NC3CCCCC3)O[C@@H]2CO)cc1. The minimum Gasteiger partial charge on any atom is -0.497 e. The molecule has 0 unspecified atom stereocenters. The van der Waals surface area contributed by atoms with Crippen LogP contribution in [0.2, 0.25) is 0 Å². The Bertz CT molecular complexity index is 691. The Hall–Kier alpha value is -2.32. The molecule has 1 saturated heterocycles. The quantitative estimate of drug-likeness (QED) is 0.543. The number of carbonyl (C=O) groups is 2. The van der Waals surface area contributed by atoms with Gasteiger partial charge in [-0.2, -0.15) is 0 Å². The van der Waals surface area contributed by atoms with Crippen molar-refractivity contribution in [3.05, 3.63) is 24.3 Å². The van der Waals surface area contributed by atoms with Crippen molar-refractivity contribution >= 4 is 17.6 Å². The molecule has 8 nitrogen and oxygen atoms in total. The molecule has 2 fully saturated rings. The average Bonchev–Trinajstić information content (AvgIpc) is 2.76. The standard InChI is InChI=1S/C22H33N3O5/c1-29-17-9-7-16(8-10-17)24-22(28)25-19-12-11-18(30-20(19)14-26)13-21(27)23-15-5-3-2-4-6-15/h7-10,15,18-20,26H,2-6,11-14H2,1H3,(H,23,27)(H2,24,25,28)/t18-,19+,20-/m1/s1. The van der Waals surface area contributed by atoms with Crippen molar-refractivity contribution in [2.75, 3.05) is 19.0 Å². The lowest BCUT2D eigenvalue weighted by molar-refractivity contribution is -0.131. The largest absolute Gasteiger partial charge is 0.497 e. The van der Waals surface area contributed by atoms with Crippen molar-refractivity contribution in [1.82, 2.24) is 10.6 Å². The number of hydrogen-bond donors (Lipinski definition) is 4. The number of hydrogen-bond acceptors (Lipinski definition) is 5. The lowest BCUT2D eigenvalue weighted by atomic mass is 9.94. The Labute approximate surface area is 177 Å². The third-order valence-corrected chi connectivity index (χ3v) is 5.84. The fourth-order valence-corrected chi connectivity index (χ4v) is 4.20. The number of aliphatic hydroxyl groups is 1. The monoisotopic (exact) mass is 419 g/mol. The minimum absolute atomic E-state index is 0.00671. The van der Waals surface area contributed by atoms with Gasteiger partial charge >= 0.3 is 6.03 Å². The second-order valence-corrected chi connectivity index (χ2v) is 8.10. The van der Waals surface area contributed by atoms with Crippen molar-refractivity contribution in [2.24, 2.45) is 0 Å². The van der Waals surface area contributed by atoms with Crippen LogP contribution in [0, 0.1) is 0 Å². The van der Waals surface area contributed by atoms with E-state index in [-0.39, 0.29) is 43.2 Å². The molecule has 30 heavy (non-hydrogen) atoms. The summed E-state index contributed by atoms with van der Waals surface area (Å²) in [5.41, 5.74) is 0.642. The van der Waals surface area contributed by atoms with Gasteiger partial charge in [0.05, 0.1) is 32.3 Å². The van der Waals surface area contributed by atoms with E-state index in [1.807, 2.05) is 0 Å². The van der Waals surface area contributed by atoms with E-state index in [1.54, 1.807) is 31.4 Å². The van der Waals surface area contributed by atoms with Gasteiger partial charge in [-0.3, -0.25) is 4.79 Å². The van der Waals surface area contributed by atoms with Crippen LogP contribution < -0.4 is 20.7 Å². The highest BCUT2D eigenvalue weighted by Crippen LogP contribution is 2.23. The van der Waals surface area contributed by atoms with Gasteiger partial charge in [0.2, 0.25) is 5.91 Å². The summed E-state index contributed by atoms with van der Waals surface area (Å²) >= 11 is 0. The van der Waals surface area contributed by atoms with Crippen LogP contribution in [0.4, 0.5) is 10.5 Å². The number of ether oxygens (including phenoxy) is 2. The molecule has 1 saturated carbocycles. The fourth-order valence-electron chi connectivity index (χ4n) is 4.20. The van der Waals surface area contributed by atoms with Crippen molar-refractivity contribution in [3.63, 3.8) is 0 Å². The maximum atomic E-state index is 12.3. The molecule has 3 atom stereocenters. The van der Waals surface area contributed by atoms with Crippen LogP contribution in [0.5, 0.6) is 5.75 Å². The second-order valence-electron chi connectivity index (χ2n) is 8.10. The molecule has 4 N–H and O–H groups in total. The molecule has 1 aliphatic heterocycles. The topological polar surface area (TPSA) is 109 Å². The zero-order valence-corrected chi connectivity index (χ0v) is 17.6. The first-order valence-corrected chi connectivity index (χ1v) is 10.8. The number of urea groups is 1. The molecule has 0 bridgehead atoms. The van der Waals surface area contributed by atoms with E-state index in [9.17, 15) is 14.7 Å². The number of aliphatic hydroxyl groups excluding tert-OH is 1. The van der Waals surface area contributed by atoms with E-state index >= 15 is 0 Å². The van der Waals surface area contributed by atoms with Crippen LogP contribution in [0.15, 0.2) is 24.3 Å². The number of carbonyl (C=O) groups excluding carboxylic acids is 2. The summed E-state index contributed by atoms with van der Waals surface area (Å²) in [4.78, 5) is 24.7. The molecule has 1 heterocycles. The highest BCUT2D eigenvalue weighted by Gasteiger charge is 2.33. The second kappa shape index (κ2) is 11.2. The van der Waals surface area contributed by atoms with Gasteiger partial charge in [0.25, 0.3) is 0 Å². The number of methoxy groups -OCH3 is 1. The van der Waals surface area contributed by atoms with Crippen molar-refractivity contribution in [2.45, 2.75) is 75.7 Å². The first kappa shape index (κ1) is 22.4. The van der Waals surface area contributed by atoms with Crippen LogP contribution in [0.3, 0.4) is 0 Å². The summed E-state index contributed by atoms with van der Waals surface area (Å²) < 4.78 is 11.0. The summed E-state index contributed by atoms with van der Waals surface area (Å²) in [7, 11) is 1.58. The first-order valence-electron chi connectivity index (χ1n) is 10.8. The van der Waals surface area contributed by atoms with Crippen LogP contribution in [-0.2, 0) is 9.53 Å². The Morgan fingerprint density at radius 3 is 2.47 bits per heavy atom. The summed E-state index contributed by atoms with van der Waals surface area (Å²) in [6, 6.07) is 6.63. The van der Waals surface area contributed by atoms with E-state index in [4.69, 9.17) is 9.47 Å². The van der Waals surface area contributed by atoms with Crippen molar-refractivity contribution < 1.29 is 24.2 Å². The smallest absolute Gasteiger partial charge is 0.319 e. The summed E-state index contributed by atoms with van der Waals surface area (Å²) in [6.45, 7) is -0.214. The molecule has 3 amide bonds. The predicted molar refractivity (Wildman–Crippen MR) is 114 cm³/mol. The summed E-state index contributed by atoms with van der Waals surface area (Å²) in [6.07, 6.45) is 6.49. The van der Waals surface area contributed by atoms with Crippen LogP contribution in [0.1, 0.15) is 51.4 Å². The van der Waals surface area contributed by atoms with E-state index in [0.717, 1.165) is 12.8 Å². The molecular formula is C22H33N3O5. The highest BCUT2D eigenvalue weighted by atomic mass is 16.5. The Kier molecular flexibility index (Phi) is 8.33. The van der Waals surface area contributed by atoms with Crippen LogP contribution >= 0.6 is 0 Å². The van der Waals surface area contributed by atoms with Gasteiger partial charge in [-0.15, -0.1) is 0 Å². The Morgan fingerprint density at radius 2 is 1.80 bits per heavy atom. The molecular weight excluding hydrogens is 386 g/mol. The van der Waals surface area contributed by atoms with Gasteiger partial charge in [-0.1, -0.05) is 19.3 Å². The third kappa shape index (κ3) is 6.60. The van der Waals surface area contributed by atoms with Crippen molar-refractivity contribution in [3.8, 4) is 5.75 Å². The minimum atomic E-state index is -0.534. The zero-order valence-electron chi connectivity index (χ0n) is 17.6. The van der Waals surface area contributed by atoms with Gasteiger partial charge in [-0.25, -0.2) is 4.79 Å². The molecule has 0 aromatic heterocycles. The molecule has 1 aromatic carbocycles. The van der Waals surface area contributed by atoms with E-state index in [1.165, 1.54) is 19.3 Å². The maximum absolute atomic E-state index is 12.3. The van der Waals surface area contributed by atoms with Gasteiger partial charge < -0.3 is 30.5 Å². The van der Waals surface area contributed by atoms with E-state index in [0.29, 0.717) is 24.3 Å². The molecule has 0 radical (unpaired) electrons. The van der Waals surface area contributed by atoms with Gasteiger partial charge in [0, 0.05) is 11.7 Å². The van der Waals surface area contributed by atoms with Gasteiger partial charge in [0.1, 0.15) is 11.9 Å². The molecule has 2 aliphatic rings. The van der Waals surface area contributed by atoms with Gasteiger partial charge in [-0.05, 0) is 49.9 Å². The lowest BCUT2D eigenvalue weighted by Gasteiger charge is -2.36. The predicted octanol–water partition coefficient (Wildman–Crippen LogP) is 2.56. The van der Waals surface area contributed by atoms with Crippen LogP contribution in [0.25, 0.3) is 0 Å². The van der Waals surface area contributed by atoms with Gasteiger partial charge in [0.15, 0.2) is 0 Å². The van der Waals surface area contributed by atoms with E-state index in [2.05, 4.69) is 16.0 Å². The van der Waals surface area contributed by atoms with Crippen LogP contribution in [-0.4, -0.2) is 55.1 Å². The number of anilines is 1. The molecule has 8 heteroatoms. The van der Waals surface area contributed by atoms with Crippen molar-refractivity contribution in [1.29, 1.82) is 0 Å². The third-order valence-electron chi connectivity index (χ3n) is 5.84. The fraction of sp³-hybridized carbons (Fsp3) is 0.636. The average molecular weight is 420 g/mol. The summed E-state index contributed by atoms with van der Waals surface area (Å²) in [5, 5.41) is 18.5. The van der Waals surface area contributed by atoms with E-state index < -0.39 is 6.10 Å². The molecule has 1 aliphatic carbocycles. The zero-order chi connectivity index (χ0) is 21.3. The maximum Gasteiger partial charge on any atom is 0.319 e. The molecule has 1 aromatic rings. The lowest BCUT2D eigenvalue weighted by Crippen LogP contribution is -2.52. The Balaban J connectivity index is 1.43. The normalized spacial score (nSPS) is 24.7. The first-order chi connectivity index (χ1) is 14.6. The molecule has 0 spiro atoms. The molecule has 3 rings (SSSR count). The number of rotatable bonds is 7. The highest BCUT2D eigenvalue weighted by molar-refractivity contribution is 5.89.